The first-order valence-corrected chi connectivity index (χ1v) is 11.7. The van der Waals surface area contributed by atoms with Gasteiger partial charge in [-0.15, -0.1) is 0 Å². The fourth-order valence-corrected chi connectivity index (χ4v) is 4.42. The number of carbonyl (C=O) groups is 3. The molecule has 0 saturated carbocycles. The number of amides is 2. The fraction of sp³-hybridized carbons (Fsp3) is 0.269. The molecular weight excluding hydrogens is 515 g/mol. The number of halogens is 4. The van der Waals surface area contributed by atoms with E-state index in [9.17, 15) is 27.6 Å². The van der Waals surface area contributed by atoms with E-state index in [2.05, 4.69) is 0 Å². The SMILES string of the molecule is CCOC(=O)Cc1ccc(N2C(=O)c3c(OCC)cc4cccc(OCC(F)(F)F)c4c3C2=O)c(Cl)c1. The monoisotopic (exact) mass is 535 g/mol. The maximum atomic E-state index is 13.7. The highest BCUT2D eigenvalue weighted by Crippen LogP contribution is 2.44. The number of anilines is 1. The smallest absolute Gasteiger partial charge is 0.422 e. The summed E-state index contributed by atoms with van der Waals surface area (Å²) in [7, 11) is 0. The van der Waals surface area contributed by atoms with Crippen molar-refractivity contribution in [3.63, 3.8) is 0 Å². The number of imide groups is 1. The van der Waals surface area contributed by atoms with Crippen molar-refractivity contribution < 1.29 is 41.8 Å². The summed E-state index contributed by atoms with van der Waals surface area (Å²) in [4.78, 5) is 39.9. The van der Waals surface area contributed by atoms with Gasteiger partial charge in [0.1, 0.15) is 11.5 Å². The lowest BCUT2D eigenvalue weighted by Gasteiger charge is -2.16. The molecule has 0 bridgehead atoms. The molecule has 1 aliphatic heterocycles. The van der Waals surface area contributed by atoms with Gasteiger partial charge in [0, 0.05) is 5.39 Å². The molecule has 0 N–H and O–H groups in total. The highest BCUT2D eigenvalue weighted by molar-refractivity contribution is 6.42. The van der Waals surface area contributed by atoms with E-state index in [-0.39, 0.29) is 58.4 Å². The minimum Gasteiger partial charge on any atom is -0.493 e. The van der Waals surface area contributed by atoms with Gasteiger partial charge in [0.05, 0.1) is 41.5 Å². The van der Waals surface area contributed by atoms with Crippen LogP contribution < -0.4 is 14.4 Å². The summed E-state index contributed by atoms with van der Waals surface area (Å²) >= 11 is 6.41. The third-order valence-corrected chi connectivity index (χ3v) is 5.83. The minimum absolute atomic E-state index is 0.0205. The Morgan fingerprint density at radius 2 is 1.68 bits per heavy atom. The van der Waals surface area contributed by atoms with Crippen LogP contribution in [0.2, 0.25) is 5.02 Å². The zero-order valence-electron chi connectivity index (χ0n) is 19.8. The number of alkyl halides is 3. The molecule has 1 heterocycles. The third-order valence-electron chi connectivity index (χ3n) is 5.52. The molecule has 2 amide bonds. The Labute approximate surface area is 214 Å². The van der Waals surface area contributed by atoms with Crippen LogP contribution in [0.5, 0.6) is 11.5 Å². The van der Waals surface area contributed by atoms with Crippen LogP contribution in [0.3, 0.4) is 0 Å². The predicted octanol–water partition coefficient (Wildman–Crippen LogP) is 5.74. The van der Waals surface area contributed by atoms with E-state index in [0.29, 0.717) is 10.9 Å². The van der Waals surface area contributed by atoms with Gasteiger partial charge in [0.15, 0.2) is 6.61 Å². The van der Waals surface area contributed by atoms with Crippen LogP contribution in [0.1, 0.15) is 40.1 Å². The van der Waals surface area contributed by atoms with Gasteiger partial charge in [-0.1, -0.05) is 29.8 Å². The Bertz CT molecular complexity index is 1410. The van der Waals surface area contributed by atoms with Crippen molar-refractivity contribution in [2.75, 3.05) is 24.7 Å². The van der Waals surface area contributed by atoms with Crippen LogP contribution in [-0.2, 0) is 16.0 Å². The summed E-state index contributed by atoms with van der Waals surface area (Å²) in [5, 5.41) is 0.439. The molecule has 3 aromatic rings. The zero-order chi connectivity index (χ0) is 26.9. The Kier molecular flexibility index (Phi) is 7.31. The fourth-order valence-electron chi connectivity index (χ4n) is 4.13. The number of esters is 1. The Hall–Kier alpha value is -3.79. The van der Waals surface area contributed by atoms with Crippen molar-refractivity contribution >= 4 is 45.8 Å². The molecule has 0 spiro atoms. The first-order chi connectivity index (χ1) is 17.6. The molecule has 0 aliphatic carbocycles. The van der Waals surface area contributed by atoms with Crippen molar-refractivity contribution in [2.24, 2.45) is 0 Å². The van der Waals surface area contributed by atoms with Crippen molar-refractivity contribution in [1.29, 1.82) is 0 Å². The number of fused-ring (bicyclic) bond motifs is 3. The molecule has 0 saturated heterocycles. The van der Waals surface area contributed by atoms with Gasteiger partial charge in [-0.3, -0.25) is 14.4 Å². The molecule has 0 unspecified atom stereocenters. The highest BCUT2D eigenvalue weighted by Gasteiger charge is 2.42. The molecular formula is C26H21ClF3NO6. The van der Waals surface area contributed by atoms with E-state index in [0.717, 1.165) is 4.90 Å². The lowest BCUT2D eigenvalue weighted by atomic mass is 9.98. The maximum absolute atomic E-state index is 13.7. The van der Waals surface area contributed by atoms with Crippen molar-refractivity contribution in [3.05, 3.63) is 64.2 Å². The van der Waals surface area contributed by atoms with E-state index in [1.54, 1.807) is 19.9 Å². The first-order valence-electron chi connectivity index (χ1n) is 11.3. The van der Waals surface area contributed by atoms with Crippen LogP contribution in [0.15, 0.2) is 42.5 Å². The van der Waals surface area contributed by atoms with Crippen LogP contribution in [0, 0.1) is 0 Å². The summed E-state index contributed by atoms with van der Waals surface area (Å²) in [6.45, 7) is 2.18. The molecule has 0 atom stereocenters. The second-order valence-electron chi connectivity index (χ2n) is 8.03. The standard InChI is InChI=1S/C26H21ClF3NO6/c1-3-35-19-12-15-6-5-7-18(37-13-26(28,29)30)21(15)23-22(19)24(33)31(25(23)34)17-9-8-14(10-16(17)27)11-20(32)36-4-2/h5-10,12H,3-4,11,13H2,1-2H3. The quantitative estimate of drug-likeness (QED) is 0.270. The van der Waals surface area contributed by atoms with Gasteiger partial charge in [0.25, 0.3) is 11.8 Å². The second kappa shape index (κ2) is 10.3. The van der Waals surface area contributed by atoms with Crippen LogP contribution in [-0.4, -0.2) is 43.8 Å². The first kappa shape index (κ1) is 26.3. The van der Waals surface area contributed by atoms with Gasteiger partial charge < -0.3 is 14.2 Å². The zero-order valence-corrected chi connectivity index (χ0v) is 20.5. The van der Waals surface area contributed by atoms with E-state index in [4.69, 9.17) is 25.8 Å². The number of rotatable bonds is 8. The lowest BCUT2D eigenvalue weighted by molar-refractivity contribution is -0.153. The van der Waals surface area contributed by atoms with Gasteiger partial charge in [-0.2, -0.15) is 13.2 Å². The van der Waals surface area contributed by atoms with E-state index in [1.165, 1.54) is 36.4 Å². The average Bonchev–Trinajstić information content (AvgIpc) is 3.08. The lowest BCUT2D eigenvalue weighted by Crippen LogP contribution is -2.29. The largest absolute Gasteiger partial charge is 0.493 e. The molecule has 0 radical (unpaired) electrons. The molecule has 1 aliphatic rings. The number of hydrogen-bond donors (Lipinski definition) is 0. The topological polar surface area (TPSA) is 82.1 Å². The summed E-state index contributed by atoms with van der Waals surface area (Å²) < 4.78 is 54.2. The Balaban J connectivity index is 1.82. The van der Waals surface area contributed by atoms with Gasteiger partial charge in [0.2, 0.25) is 0 Å². The number of benzene rings is 3. The van der Waals surface area contributed by atoms with E-state index < -0.39 is 30.6 Å². The normalized spacial score (nSPS) is 13.2. The van der Waals surface area contributed by atoms with Crippen molar-refractivity contribution in [3.8, 4) is 11.5 Å². The van der Waals surface area contributed by atoms with Crippen LogP contribution >= 0.6 is 11.6 Å². The Morgan fingerprint density at radius 1 is 0.946 bits per heavy atom. The van der Waals surface area contributed by atoms with Crippen LogP contribution in [0.25, 0.3) is 10.8 Å². The van der Waals surface area contributed by atoms with Crippen LogP contribution in [0.4, 0.5) is 18.9 Å². The molecule has 37 heavy (non-hydrogen) atoms. The predicted molar refractivity (Wildman–Crippen MR) is 130 cm³/mol. The molecule has 7 nitrogen and oxygen atoms in total. The minimum atomic E-state index is -4.61. The molecule has 4 rings (SSSR count). The third kappa shape index (κ3) is 5.20. The summed E-state index contributed by atoms with van der Waals surface area (Å²) in [6.07, 6.45) is -4.67. The summed E-state index contributed by atoms with van der Waals surface area (Å²) in [5.74, 6) is -2.11. The summed E-state index contributed by atoms with van der Waals surface area (Å²) in [5.41, 5.74) is 0.307. The highest BCUT2D eigenvalue weighted by atomic mass is 35.5. The molecule has 0 aromatic heterocycles. The van der Waals surface area contributed by atoms with Gasteiger partial charge >= 0.3 is 12.1 Å². The Morgan fingerprint density at radius 3 is 2.32 bits per heavy atom. The second-order valence-corrected chi connectivity index (χ2v) is 8.44. The van der Waals surface area contributed by atoms with Crippen molar-refractivity contribution in [2.45, 2.75) is 26.4 Å². The van der Waals surface area contributed by atoms with Crippen molar-refractivity contribution in [1.82, 2.24) is 0 Å². The van der Waals surface area contributed by atoms with Gasteiger partial charge in [-0.05, 0) is 49.1 Å². The number of carbonyl (C=O) groups excluding carboxylic acids is 3. The number of nitrogens with zero attached hydrogens (tertiary/aromatic N) is 1. The molecule has 194 valence electrons. The average molecular weight is 536 g/mol. The molecule has 11 heteroatoms. The van der Waals surface area contributed by atoms with Gasteiger partial charge in [-0.25, -0.2) is 4.90 Å². The van der Waals surface area contributed by atoms with E-state index >= 15 is 0 Å². The summed E-state index contributed by atoms with van der Waals surface area (Å²) in [6, 6.07) is 10.2. The van der Waals surface area contributed by atoms with E-state index in [1.807, 2.05) is 0 Å². The number of hydrogen-bond acceptors (Lipinski definition) is 6. The molecule has 0 fully saturated rings. The maximum Gasteiger partial charge on any atom is 0.422 e. The molecule has 3 aromatic carbocycles. The number of ether oxygens (including phenoxy) is 3.